The SMILES string of the molecule is CC(N)C(C)C(=O)Nc1nc(-c2ccc3c(c2)OCO3)cs1. The first-order valence-electron chi connectivity index (χ1n) is 6.96. The predicted molar refractivity (Wildman–Crippen MR) is 85.1 cm³/mol. The topological polar surface area (TPSA) is 86.5 Å². The summed E-state index contributed by atoms with van der Waals surface area (Å²) in [6.45, 7) is 3.85. The number of rotatable bonds is 4. The first-order chi connectivity index (χ1) is 10.5. The lowest BCUT2D eigenvalue weighted by Crippen LogP contribution is -2.34. The van der Waals surface area contributed by atoms with Gasteiger partial charge in [-0.3, -0.25) is 4.79 Å². The largest absolute Gasteiger partial charge is 0.454 e. The molecule has 0 radical (unpaired) electrons. The third-order valence-corrected chi connectivity index (χ3v) is 4.36. The van der Waals surface area contributed by atoms with Crippen LogP contribution in [0.3, 0.4) is 0 Å². The number of aromatic nitrogens is 1. The van der Waals surface area contributed by atoms with Gasteiger partial charge in [0.2, 0.25) is 12.7 Å². The number of hydrogen-bond acceptors (Lipinski definition) is 6. The Labute approximate surface area is 132 Å². The molecule has 7 heteroatoms. The molecule has 1 aromatic carbocycles. The van der Waals surface area contributed by atoms with Crippen LogP contribution in [0.2, 0.25) is 0 Å². The van der Waals surface area contributed by atoms with Crippen molar-refractivity contribution in [3.63, 3.8) is 0 Å². The van der Waals surface area contributed by atoms with Crippen molar-refractivity contribution < 1.29 is 14.3 Å². The van der Waals surface area contributed by atoms with E-state index in [1.165, 1.54) is 11.3 Å². The fraction of sp³-hybridized carbons (Fsp3) is 0.333. The van der Waals surface area contributed by atoms with Crippen LogP contribution >= 0.6 is 11.3 Å². The summed E-state index contributed by atoms with van der Waals surface area (Å²) in [5.41, 5.74) is 7.44. The molecule has 3 rings (SSSR count). The number of hydrogen-bond donors (Lipinski definition) is 2. The second-order valence-corrected chi connectivity index (χ2v) is 6.10. The van der Waals surface area contributed by atoms with Gasteiger partial charge in [0.05, 0.1) is 11.6 Å². The number of nitrogens with one attached hydrogen (secondary N) is 1. The standard InChI is InChI=1S/C15H17N3O3S/c1-8(9(2)16)14(19)18-15-17-11(6-22-15)10-3-4-12-13(5-10)21-7-20-12/h3-6,8-9H,7,16H2,1-2H3,(H,17,18,19). The number of thiazole rings is 1. The second kappa shape index (κ2) is 5.94. The lowest BCUT2D eigenvalue weighted by atomic mass is 10.0. The third kappa shape index (κ3) is 2.90. The summed E-state index contributed by atoms with van der Waals surface area (Å²) in [5.74, 6) is 1.06. The Hall–Kier alpha value is -2.12. The van der Waals surface area contributed by atoms with E-state index in [4.69, 9.17) is 15.2 Å². The third-order valence-electron chi connectivity index (χ3n) is 3.60. The van der Waals surface area contributed by atoms with Gasteiger partial charge in [0.1, 0.15) is 0 Å². The summed E-state index contributed by atoms with van der Waals surface area (Å²) in [6.07, 6.45) is 0. The Balaban J connectivity index is 1.75. The molecule has 116 valence electrons. The Morgan fingerprint density at radius 2 is 2.14 bits per heavy atom. The maximum atomic E-state index is 12.0. The van der Waals surface area contributed by atoms with Gasteiger partial charge >= 0.3 is 0 Å². The first-order valence-corrected chi connectivity index (χ1v) is 7.84. The second-order valence-electron chi connectivity index (χ2n) is 5.24. The highest BCUT2D eigenvalue weighted by Gasteiger charge is 2.19. The van der Waals surface area contributed by atoms with Crippen LogP contribution in [0.25, 0.3) is 11.3 Å². The van der Waals surface area contributed by atoms with Crippen LogP contribution in [0.1, 0.15) is 13.8 Å². The van der Waals surface area contributed by atoms with Crippen molar-refractivity contribution in [2.75, 3.05) is 12.1 Å². The maximum Gasteiger partial charge on any atom is 0.231 e. The Bertz CT molecular complexity index is 699. The van der Waals surface area contributed by atoms with Crippen LogP contribution in [0.5, 0.6) is 11.5 Å². The van der Waals surface area contributed by atoms with E-state index in [9.17, 15) is 4.79 Å². The number of nitrogens with two attached hydrogens (primary N) is 1. The summed E-state index contributed by atoms with van der Waals surface area (Å²) in [4.78, 5) is 16.4. The summed E-state index contributed by atoms with van der Waals surface area (Å²) in [6, 6.07) is 5.45. The summed E-state index contributed by atoms with van der Waals surface area (Å²) < 4.78 is 10.6. The van der Waals surface area contributed by atoms with Crippen molar-refractivity contribution in [2.45, 2.75) is 19.9 Å². The molecular formula is C15H17N3O3S. The van der Waals surface area contributed by atoms with E-state index in [0.717, 1.165) is 17.0 Å². The molecule has 0 bridgehead atoms. The number of carbonyl (C=O) groups is 1. The number of anilines is 1. The average Bonchev–Trinajstić information content (AvgIpc) is 3.13. The molecule has 2 unspecified atom stereocenters. The summed E-state index contributed by atoms with van der Waals surface area (Å²) in [7, 11) is 0. The van der Waals surface area contributed by atoms with Gasteiger partial charge < -0.3 is 20.5 Å². The fourth-order valence-corrected chi connectivity index (χ4v) is 2.70. The van der Waals surface area contributed by atoms with Crippen LogP contribution in [-0.2, 0) is 4.79 Å². The monoisotopic (exact) mass is 319 g/mol. The van der Waals surface area contributed by atoms with Gasteiger partial charge in [-0.15, -0.1) is 11.3 Å². The van der Waals surface area contributed by atoms with Gasteiger partial charge in [-0.2, -0.15) is 0 Å². The van der Waals surface area contributed by atoms with Crippen molar-refractivity contribution in [3.05, 3.63) is 23.6 Å². The van der Waals surface area contributed by atoms with Crippen LogP contribution in [-0.4, -0.2) is 23.7 Å². The highest BCUT2D eigenvalue weighted by Crippen LogP contribution is 2.36. The number of amides is 1. The minimum atomic E-state index is -0.266. The number of nitrogens with zero attached hydrogens (tertiary/aromatic N) is 1. The zero-order valence-corrected chi connectivity index (χ0v) is 13.1. The number of benzene rings is 1. The maximum absolute atomic E-state index is 12.0. The molecule has 6 nitrogen and oxygen atoms in total. The minimum Gasteiger partial charge on any atom is -0.454 e. The molecule has 0 aliphatic carbocycles. The van der Waals surface area contributed by atoms with Crippen LogP contribution in [0.15, 0.2) is 23.6 Å². The predicted octanol–water partition coefficient (Wildman–Crippen LogP) is 2.46. The molecule has 1 aliphatic rings. The van der Waals surface area contributed by atoms with Gasteiger partial charge in [0.25, 0.3) is 0 Å². The van der Waals surface area contributed by atoms with Crippen LogP contribution < -0.4 is 20.5 Å². The highest BCUT2D eigenvalue weighted by atomic mass is 32.1. The van der Waals surface area contributed by atoms with E-state index in [1.54, 1.807) is 6.92 Å². The average molecular weight is 319 g/mol. The Morgan fingerprint density at radius 1 is 1.36 bits per heavy atom. The summed E-state index contributed by atoms with van der Waals surface area (Å²) in [5, 5.41) is 5.25. The van der Waals surface area contributed by atoms with E-state index in [1.807, 2.05) is 30.5 Å². The molecular weight excluding hydrogens is 302 g/mol. The molecule has 0 saturated carbocycles. The molecule has 0 spiro atoms. The van der Waals surface area contributed by atoms with Crippen molar-refractivity contribution in [2.24, 2.45) is 11.7 Å². The van der Waals surface area contributed by atoms with E-state index in [2.05, 4.69) is 10.3 Å². The van der Waals surface area contributed by atoms with Crippen molar-refractivity contribution in [1.29, 1.82) is 0 Å². The quantitative estimate of drug-likeness (QED) is 0.904. The van der Waals surface area contributed by atoms with Crippen molar-refractivity contribution >= 4 is 22.4 Å². The van der Waals surface area contributed by atoms with E-state index >= 15 is 0 Å². The zero-order chi connectivity index (χ0) is 15.7. The van der Waals surface area contributed by atoms with Crippen molar-refractivity contribution in [1.82, 2.24) is 4.98 Å². The number of carbonyl (C=O) groups excluding carboxylic acids is 1. The lowest BCUT2D eigenvalue weighted by Gasteiger charge is -2.13. The van der Waals surface area contributed by atoms with Gasteiger partial charge in [0.15, 0.2) is 16.6 Å². The Kier molecular flexibility index (Phi) is 4.00. The van der Waals surface area contributed by atoms with E-state index < -0.39 is 0 Å². The minimum absolute atomic E-state index is 0.124. The molecule has 2 atom stereocenters. The number of ether oxygens (including phenoxy) is 2. The molecule has 0 saturated heterocycles. The molecule has 3 N–H and O–H groups in total. The van der Waals surface area contributed by atoms with E-state index in [-0.39, 0.29) is 24.7 Å². The Morgan fingerprint density at radius 3 is 2.91 bits per heavy atom. The summed E-state index contributed by atoms with van der Waals surface area (Å²) >= 11 is 1.38. The molecule has 2 aromatic rings. The lowest BCUT2D eigenvalue weighted by molar-refractivity contribution is -0.119. The van der Waals surface area contributed by atoms with Gasteiger partial charge in [-0.05, 0) is 25.1 Å². The van der Waals surface area contributed by atoms with Crippen molar-refractivity contribution in [3.8, 4) is 22.8 Å². The normalized spacial score (nSPS) is 15.4. The molecule has 22 heavy (non-hydrogen) atoms. The fourth-order valence-electron chi connectivity index (χ4n) is 1.98. The van der Waals surface area contributed by atoms with E-state index in [0.29, 0.717) is 10.9 Å². The van der Waals surface area contributed by atoms with Crippen LogP contribution in [0, 0.1) is 5.92 Å². The van der Waals surface area contributed by atoms with Gasteiger partial charge in [-0.25, -0.2) is 4.98 Å². The highest BCUT2D eigenvalue weighted by molar-refractivity contribution is 7.14. The molecule has 2 heterocycles. The molecule has 1 aliphatic heterocycles. The first kappa shape index (κ1) is 14.8. The van der Waals surface area contributed by atoms with Gasteiger partial charge in [-0.1, -0.05) is 6.92 Å². The van der Waals surface area contributed by atoms with Crippen LogP contribution in [0.4, 0.5) is 5.13 Å². The van der Waals surface area contributed by atoms with Gasteiger partial charge in [0, 0.05) is 17.0 Å². The molecule has 0 fully saturated rings. The molecule has 1 aromatic heterocycles. The number of fused-ring (bicyclic) bond motifs is 1. The molecule has 1 amide bonds. The smallest absolute Gasteiger partial charge is 0.231 e. The zero-order valence-electron chi connectivity index (χ0n) is 12.3.